The summed E-state index contributed by atoms with van der Waals surface area (Å²) in [7, 11) is 1.94. The summed E-state index contributed by atoms with van der Waals surface area (Å²) in [4.78, 5) is 6.73. The topological polar surface area (TPSA) is 28.2 Å². The molecule has 1 aromatic heterocycles. The SMILES string of the molecule is CNC(c1ccc(F)cn1)C(C)CN(CC(C)C)C(C)C. The van der Waals surface area contributed by atoms with Crippen molar-refractivity contribution in [2.24, 2.45) is 11.8 Å². The minimum atomic E-state index is -0.287. The molecule has 120 valence electrons. The highest BCUT2D eigenvalue weighted by Gasteiger charge is 2.23. The largest absolute Gasteiger partial charge is 0.311 e. The van der Waals surface area contributed by atoms with Crippen molar-refractivity contribution in [3.8, 4) is 0 Å². The zero-order valence-corrected chi connectivity index (χ0v) is 14.2. The van der Waals surface area contributed by atoms with Gasteiger partial charge in [-0.25, -0.2) is 4.39 Å². The molecule has 0 aliphatic heterocycles. The summed E-state index contributed by atoms with van der Waals surface area (Å²) in [5.41, 5.74) is 0.902. The van der Waals surface area contributed by atoms with Gasteiger partial charge in [0.1, 0.15) is 5.82 Å². The number of aromatic nitrogens is 1. The second kappa shape index (κ2) is 8.44. The lowest BCUT2D eigenvalue weighted by molar-refractivity contribution is 0.157. The smallest absolute Gasteiger partial charge is 0.141 e. The maximum atomic E-state index is 13.0. The van der Waals surface area contributed by atoms with Crippen LogP contribution in [0, 0.1) is 17.7 Å². The fourth-order valence-corrected chi connectivity index (χ4v) is 2.74. The first-order valence-electron chi connectivity index (χ1n) is 7.87. The van der Waals surface area contributed by atoms with Crippen LogP contribution in [-0.2, 0) is 0 Å². The molecule has 21 heavy (non-hydrogen) atoms. The number of pyridine rings is 1. The molecule has 0 fully saturated rings. The van der Waals surface area contributed by atoms with E-state index in [1.165, 1.54) is 12.3 Å². The van der Waals surface area contributed by atoms with Gasteiger partial charge < -0.3 is 10.2 Å². The summed E-state index contributed by atoms with van der Waals surface area (Å²) < 4.78 is 13.0. The predicted octanol–water partition coefficient (Wildman–Crippen LogP) is 3.48. The summed E-state index contributed by atoms with van der Waals surface area (Å²) in [6.07, 6.45) is 1.29. The third-order valence-electron chi connectivity index (χ3n) is 3.80. The minimum absolute atomic E-state index is 0.138. The van der Waals surface area contributed by atoms with Crippen LogP contribution in [0.2, 0.25) is 0 Å². The van der Waals surface area contributed by atoms with Gasteiger partial charge in [0.15, 0.2) is 0 Å². The first-order valence-corrected chi connectivity index (χ1v) is 7.87. The Morgan fingerprint density at radius 1 is 1.14 bits per heavy atom. The molecule has 0 aliphatic carbocycles. The van der Waals surface area contributed by atoms with E-state index in [0.717, 1.165) is 18.8 Å². The average molecular weight is 295 g/mol. The van der Waals surface area contributed by atoms with Gasteiger partial charge in [0.25, 0.3) is 0 Å². The Morgan fingerprint density at radius 3 is 2.24 bits per heavy atom. The third-order valence-corrected chi connectivity index (χ3v) is 3.80. The van der Waals surface area contributed by atoms with E-state index in [0.29, 0.717) is 17.9 Å². The molecular formula is C17H30FN3. The van der Waals surface area contributed by atoms with Crippen molar-refractivity contribution >= 4 is 0 Å². The van der Waals surface area contributed by atoms with Crippen LogP contribution in [0.25, 0.3) is 0 Å². The molecule has 2 unspecified atom stereocenters. The molecule has 1 N–H and O–H groups in total. The molecule has 0 bridgehead atoms. The lowest BCUT2D eigenvalue weighted by atomic mass is 9.96. The van der Waals surface area contributed by atoms with Crippen LogP contribution >= 0.6 is 0 Å². The molecule has 0 saturated heterocycles. The fourth-order valence-electron chi connectivity index (χ4n) is 2.74. The van der Waals surface area contributed by atoms with Crippen molar-refractivity contribution in [3.05, 3.63) is 29.8 Å². The van der Waals surface area contributed by atoms with Crippen molar-refractivity contribution < 1.29 is 4.39 Å². The van der Waals surface area contributed by atoms with Gasteiger partial charge in [0.2, 0.25) is 0 Å². The maximum absolute atomic E-state index is 13.0. The van der Waals surface area contributed by atoms with Crippen LogP contribution in [-0.4, -0.2) is 36.1 Å². The van der Waals surface area contributed by atoms with E-state index in [1.807, 2.05) is 7.05 Å². The Kier molecular flexibility index (Phi) is 7.26. The van der Waals surface area contributed by atoms with Crippen LogP contribution in [0.3, 0.4) is 0 Å². The van der Waals surface area contributed by atoms with Crippen molar-refractivity contribution in [2.45, 2.75) is 46.7 Å². The van der Waals surface area contributed by atoms with Crippen LogP contribution in [0.15, 0.2) is 18.3 Å². The highest BCUT2D eigenvalue weighted by atomic mass is 19.1. The second-order valence-corrected chi connectivity index (χ2v) is 6.59. The summed E-state index contributed by atoms with van der Waals surface area (Å²) in [5, 5.41) is 3.32. The summed E-state index contributed by atoms with van der Waals surface area (Å²) in [6.45, 7) is 13.3. The Bertz CT molecular complexity index is 403. The number of nitrogens with one attached hydrogen (secondary N) is 1. The molecular weight excluding hydrogens is 265 g/mol. The molecule has 0 aliphatic rings. The Balaban J connectivity index is 2.77. The van der Waals surface area contributed by atoms with Crippen LogP contribution in [0.1, 0.15) is 46.4 Å². The Morgan fingerprint density at radius 2 is 1.81 bits per heavy atom. The van der Waals surface area contributed by atoms with Gasteiger partial charge in [-0.2, -0.15) is 0 Å². The first-order chi connectivity index (χ1) is 9.85. The third kappa shape index (κ3) is 5.71. The van der Waals surface area contributed by atoms with E-state index >= 15 is 0 Å². The lowest BCUT2D eigenvalue weighted by Gasteiger charge is -2.33. The van der Waals surface area contributed by atoms with Crippen LogP contribution in [0.5, 0.6) is 0 Å². The van der Waals surface area contributed by atoms with Gasteiger partial charge in [0.05, 0.1) is 17.9 Å². The Hall–Kier alpha value is -1.00. The standard InChI is InChI=1S/C17H30FN3/c1-12(2)10-21(13(3)4)11-14(5)17(19-6)16-8-7-15(18)9-20-16/h7-9,12-14,17,19H,10-11H2,1-6H3. The van der Waals surface area contributed by atoms with Gasteiger partial charge in [0, 0.05) is 19.1 Å². The molecule has 1 aromatic rings. The molecule has 0 aromatic carbocycles. The van der Waals surface area contributed by atoms with Crippen molar-refractivity contribution in [2.75, 3.05) is 20.1 Å². The van der Waals surface area contributed by atoms with Crippen LogP contribution < -0.4 is 5.32 Å². The quantitative estimate of drug-likeness (QED) is 0.796. The van der Waals surface area contributed by atoms with Crippen LogP contribution in [0.4, 0.5) is 4.39 Å². The molecule has 0 radical (unpaired) electrons. The number of hydrogen-bond acceptors (Lipinski definition) is 3. The van der Waals surface area contributed by atoms with Crippen molar-refractivity contribution in [1.29, 1.82) is 0 Å². The summed E-state index contributed by atoms with van der Waals surface area (Å²) >= 11 is 0. The van der Waals surface area contributed by atoms with Crippen molar-refractivity contribution in [1.82, 2.24) is 15.2 Å². The van der Waals surface area contributed by atoms with Gasteiger partial charge in [-0.05, 0) is 44.9 Å². The van der Waals surface area contributed by atoms with E-state index in [-0.39, 0.29) is 11.9 Å². The molecule has 0 spiro atoms. The zero-order chi connectivity index (χ0) is 16.0. The van der Waals surface area contributed by atoms with Gasteiger partial charge in [-0.3, -0.25) is 4.98 Å². The van der Waals surface area contributed by atoms with E-state index in [2.05, 4.69) is 49.8 Å². The number of halogens is 1. The minimum Gasteiger partial charge on any atom is -0.311 e. The average Bonchev–Trinajstić information content (AvgIpc) is 2.40. The fraction of sp³-hybridized carbons (Fsp3) is 0.706. The second-order valence-electron chi connectivity index (χ2n) is 6.59. The van der Waals surface area contributed by atoms with Gasteiger partial charge in [-0.1, -0.05) is 20.8 Å². The summed E-state index contributed by atoms with van der Waals surface area (Å²) in [5.74, 6) is 0.760. The normalized spacial score (nSPS) is 15.0. The predicted molar refractivity (Wildman–Crippen MR) is 86.7 cm³/mol. The Labute approximate surface area is 129 Å². The lowest BCUT2D eigenvalue weighted by Crippen LogP contribution is -2.40. The van der Waals surface area contributed by atoms with Gasteiger partial charge in [-0.15, -0.1) is 0 Å². The molecule has 1 rings (SSSR count). The molecule has 0 saturated carbocycles. The number of rotatable bonds is 8. The van der Waals surface area contributed by atoms with Crippen molar-refractivity contribution in [3.63, 3.8) is 0 Å². The molecule has 4 heteroatoms. The monoisotopic (exact) mass is 295 g/mol. The zero-order valence-electron chi connectivity index (χ0n) is 14.2. The molecule has 1 heterocycles. The number of hydrogen-bond donors (Lipinski definition) is 1. The highest BCUT2D eigenvalue weighted by molar-refractivity contribution is 5.11. The van der Waals surface area contributed by atoms with E-state index in [1.54, 1.807) is 6.07 Å². The maximum Gasteiger partial charge on any atom is 0.141 e. The first kappa shape index (κ1) is 18.1. The van der Waals surface area contributed by atoms with E-state index < -0.39 is 0 Å². The van der Waals surface area contributed by atoms with E-state index in [4.69, 9.17) is 0 Å². The highest BCUT2D eigenvalue weighted by Crippen LogP contribution is 2.22. The molecule has 3 nitrogen and oxygen atoms in total. The molecule has 0 amide bonds. The van der Waals surface area contributed by atoms with E-state index in [9.17, 15) is 4.39 Å². The summed E-state index contributed by atoms with van der Waals surface area (Å²) in [6, 6.07) is 3.91. The number of nitrogens with zero attached hydrogens (tertiary/aromatic N) is 2. The van der Waals surface area contributed by atoms with Gasteiger partial charge >= 0.3 is 0 Å². The molecule has 2 atom stereocenters.